The zero-order valence-corrected chi connectivity index (χ0v) is 27.1. The molecule has 0 amide bonds. The highest BCUT2D eigenvalue weighted by molar-refractivity contribution is 7.98. The van der Waals surface area contributed by atoms with Crippen molar-refractivity contribution < 1.29 is 9.16 Å². The number of hydrogen-bond acceptors (Lipinski definition) is 6. The minimum absolute atomic E-state index is 0.396. The van der Waals surface area contributed by atoms with Gasteiger partial charge in [0.1, 0.15) is 12.6 Å². The van der Waals surface area contributed by atoms with Crippen molar-refractivity contribution in [2.45, 2.75) is 82.9 Å². The number of ether oxygens (including phenoxy) is 1. The second-order valence-corrected chi connectivity index (χ2v) is 17.6. The third-order valence-corrected chi connectivity index (χ3v) is 14.7. The zero-order valence-electron chi connectivity index (χ0n) is 25.3. The fourth-order valence-corrected chi connectivity index (χ4v) is 12.2. The smallest absolute Gasteiger partial charge is 0.200 e. The van der Waals surface area contributed by atoms with E-state index in [1.165, 1.54) is 22.5 Å². The Hall–Kier alpha value is -2.52. The standard InChI is InChI=1S/C32H44N4O2SSi/c1-22(2)40(23(3)4,24(5)6)38-19-11-14-29-35-30(27-16-15-25-12-9-10-13-26(25)20-27)31(36(29)21-37-7)28-17-18-33-32(34-28)39-8/h9-10,12-13,15-18,20,22-24H,11,14,19,21H2,1-8H3. The van der Waals surface area contributed by atoms with Crippen molar-refractivity contribution in [2.75, 3.05) is 20.0 Å². The maximum absolute atomic E-state index is 6.87. The third kappa shape index (κ3) is 6.20. The highest BCUT2D eigenvalue weighted by atomic mass is 32.2. The molecule has 8 heteroatoms. The molecule has 0 spiro atoms. The van der Waals surface area contributed by atoms with Crippen LogP contribution in [0.25, 0.3) is 33.4 Å². The molecule has 0 N–H and O–H groups in total. The first-order valence-corrected chi connectivity index (χ1v) is 17.7. The summed E-state index contributed by atoms with van der Waals surface area (Å²) in [7, 11) is -0.184. The van der Waals surface area contributed by atoms with Crippen molar-refractivity contribution in [3.63, 3.8) is 0 Å². The molecule has 214 valence electrons. The number of rotatable bonds is 13. The van der Waals surface area contributed by atoms with Gasteiger partial charge >= 0.3 is 0 Å². The van der Waals surface area contributed by atoms with Gasteiger partial charge in [0.15, 0.2) is 13.5 Å². The van der Waals surface area contributed by atoms with Crippen LogP contribution in [0.1, 0.15) is 53.8 Å². The van der Waals surface area contributed by atoms with E-state index in [1.807, 2.05) is 18.5 Å². The summed E-state index contributed by atoms with van der Waals surface area (Å²) in [6.07, 6.45) is 5.52. The number of fused-ring (bicyclic) bond motifs is 1. The largest absolute Gasteiger partial charge is 0.416 e. The van der Waals surface area contributed by atoms with Crippen LogP contribution in [-0.2, 0) is 22.3 Å². The van der Waals surface area contributed by atoms with E-state index in [-0.39, 0.29) is 0 Å². The predicted octanol–water partition coefficient (Wildman–Crippen LogP) is 8.61. The van der Waals surface area contributed by atoms with Crippen LogP contribution in [0.2, 0.25) is 16.6 Å². The number of hydrogen-bond donors (Lipinski definition) is 0. The first-order valence-electron chi connectivity index (χ1n) is 14.3. The van der Waals surface area contributed by atoms with Crippen LogP contribution >= 0.6 is 11.8 Å². The molecule has 0 fully saturated rings. The van der Waals surface area contributed by atoms with Crippen molar-refractivity contribution in [2.24, 2.45) is 0 Å². The van der Waals surface area contributed by atoms with Gasteiger partial charge in [-0.25, -0.2) is 15.0 Å². The summed E-state index contributed by atoms with van der Waals surface area (Å²) in [4.78, 5) is 14.5. The molecule has 0 unspecified atom stereocenters. The SMILES string of the molecule is COCn1c(CCCO[Si](C(C)C)(C(C)C)C(C)C)nc(-c2ccc3ccccc3c2)c1-c1ccnc(SC)n1. The van der Waals surface area contributed by atoms with Crippen molar-refractivity contribution in [1.29, 1.82) is 0 Å². The summed E-state index contributed by atoms with van der Waals surface area (Å²) in [5.41, 5.74) is 5.49. The average Bonchev–Trinajstić information content (AvgIpc) is 3.30. The minimum atomic E-state index is -1.91. The first-order chi connectivity index (χ1) is 19.2. The lowest BCUT2D eigenvalue weighted by Crippen LogP contribution is -2.48. The molecule has 0 aliphatic carbocycles. The Morgan fingerprint density at radius 3 is 2.25 bits per heavy atom. The van der Waals surface area contributed by atoms with E-state index >= 15 is 0 Å². The Morgan fingerprint density at radius 2 is 1.60 bits per heavy atom. The van der Waals surface area contributed by atoms with Gasteiger partial charge in [-0.05, 0) is 52.2 Å². The summed E-state index contributed by atoms with van der Waals surface area (Å²) in [5.74, 6) is 0.985. The zero-order chi connectivity index (χ0) is 28.9. The van der Waals surface area contributed by atoms with Gasteiger partial charge in [-0.3, -0.25) is 0 Å². The molecule has 2 aromatic carbocycles. The number of imidazole rings is 1. The van der Waals surface area contributed by atoms with Gasteiger partial charge < -0.3 is 13.7 Å². The molecule has 4 rings (SSSR count). The van der Waals surface area contributed by atoms with Crippen molar-refractivity contribution in [3.8, 4) is 22.6 Å². The lowest BCUT2D eigenvalue weighted by atomic mass is 10.0. The molecule has 4 aromatic rings. The van der Waals surface area contributed by atoms with Crippen LogP contribution in [0.4, 0.5) is 0 Å². The van der Waals surface area contributed by atoms with E-state index in [0.29, 0.717) is 23.4 Å². The highest BCUT2D eigenvalue weighted by Gasteiger charge is 2.44. The molecule has 2 heterocycles. The molecule has 0 aliphatic rings. The maximum Gasteiger partial charge on any atom is 0.200 e. The van der Waals surface area contributed by atoms with Crippen molar-refractivity contribution in [3.05, 3.63) is 60.6 Å². The lowest BCUT2D eigenvalue weighted by Gasteiger charge is -2.42. The third-order valence-electron chi connectivity index (χ3n) is 7.99. The van der Waals surface area contributed by atoms with E-state index in [0.717, 1.165) is 53.1 Å². The predicted molar refractivity (Wildman–Crippen MR) is 170 cm³/mol. The highest BCUT2D eigenvalue weighted by Crippen LogP contribution is 2.42. The van der Waals surface area contributed by atoms with E-state index in [9.17, 15) is 0 Å². The van der Waals surface area contributed by atoms with Crippen LogP contribution in [0, 0.1) is 0 Å². The fraction of sp³-hybridized carbons (Fsp3) is 0.469. The Bertz CT molecular complexity index is 1400. The molecule has 0 atom stereocenters. The first kappa shape index (κ1) is 30.4. The molecular weight excluding hydrogens is 533 g/mol. The topological polar surface area (TPSA) is 62.1 Å². The number of nitrogens with zero attached hydrogens (tertiary/aromatic N) is 4. The fourth-order valence-electron chi connectivity index (χ4n) is 6.31. The van der Waals surface area contributed by atoms with E-state index in [4.69, 9.17) is 19.1 Å². The second-order valence-electron chi connectivity index (χ2n) is 11.3. The number of benzene rings is 2. The molecule has 0 bridgehead atoms. The van der Waals surface area contributed by atoms with E-state index in [2.05, 4.69) is 93.6 Å². The van der Waals surface area contributed by atoms with Gasteiger partial charge in [0.05, 0.1) is 17.1 Å². The number of methoxy groups -OCH3 is 1. The van der Waals surface area contributed by atoms with E-state index < -0.39 is 8.32 Å². The maximum atomic E-state index is 6.87. The quantitative estimate of drug-likeness (QED) is 0.0687. The molecule has 40 heavy (non-hydrogen) atoms. The monoisotopic (exact) mass is 576 g/mol. The number of aromatic nitrogens is 4. The van der Waals surface area contributed by atoms with Crippen molar-refractivity contribution in [1.82, 2.24) is 19.5 Å². The van der Waals surface area contributed by atoms with Crippen LogP contribution in [0.3, 0.4) is 0 Å². The van der Waals surface area contributed by atoms with E-state index in [1.54, 1.807) is 7.11 Å². The van der Waals surface area contributed by atoms with Crippen LogP contribution in [0.15, 0.2) is 59.9 Å². The second kappa shape index (κ2) is 13.4. The van der Waals surface area contributed by atoms with Gasteiger partial charge in [0.25, 0.3) is 0 Å². The van der Waals surface area contributed by atoms with Gasteiger partial charge in [0.2, 0.25) is 0 Å². The molecule has 2 aromatic heterocycles. The lowest BCUT2D eigenvalue weighted by molar-refractivity contribution is 0.129. The number of thioether (sulfide) groups is 1. The summed E-state index contributed by atoms with van der Waals surface area (Å²) in [6, 6.07) is 16.9. The Balaban J connectivity index is 1.73. The van der Waals surface area contributed by atoms with Crippen molar-refractivity contribution >= 4 is 30.9 Å². The van der Waals surface area contributed by atoms with Crippen LogP contribution in [-0.4, -0.2) is 47.8 Å². The summed E-state index contributed by atoms with van der Waals surface area (Å²) >= 11 is 1.54. The van der Waals surface area contributed by atoms with Gasteiger partial charge in [0, 0.05) is 31.9 Å². The Labute approximate surface area is 245 Å². The molecule has 0 saturated heterocycles. The summed E-state index contributed by atoms with van der Waals surface area (Å²) in [6.45, 7) is 15.2. The van der Waals surface area contributed by atoms with Crippen LogP contribution in [0.5, 0.6) is 0 Å². The van der Waals surface area contributed by atoms with Crippen LogP contribution < -0.4 is 0 Å². The molecule has 0 radical (unpaired) electrons. The Kier molecular flexibility index (Phi) is 10.2. The molecular formula is C32H44N4O2SSi. The van der Waals surface area contributed by atoms with Gasteiger partial charge in [-0.1, -0.05) is 89.7 Å². The minimum Gasteiger partial charge on any atom is -0.416 e. The molecule has 0 aliphatic heterocycles. The normalized spacial score (nSPS) is 12.4. The summed E-state index contributed by atoms with van der Waals surface area (Å²) < 4.78 is 14.8. The van der Waals surface area contributed by atoms with Gasteiger partial charge in [-0.15, -0.1) is 0 Å². The Morgan fingerprint density at radius 1 is 0.900 bits per heavy atom. The molecule has 0 saturated carbocycles. The van der Waals surface area contributed by atoms with Gasteiger partial charge in [-0.2, -0.15) is 0 Å². The summed E-state index contributed by atoms with van der Waals surface area (Å²) in [5, 5.41) is 3.13. The average molecular weight is 577 g/mol. The number of aryl methyl sites for hydroxylation is 1. The molecule has 6 nitrogen and oxygen atoms in total.